The van der Waals surface area contributed by atoms with E-state index < -0.39 is 5.60 Å². The quantitative estimate of drug-likeness (QED) is 0.253. The Balaban J connectivity index is 1.77. The van der Waals surface area contributed by atoms with E-state index in [-0.39, 0.29) is 12.1 Å². The second-order valence-electron chi connectivity index (χ2n) is 8.48. The number of nitrogens with zero attached hydrogens (tertiary/aromatic N) is 5. The van der Waals surface area contributed by atoms with Gasteiger partial charge in [0.05, 0.1) is 6.61 Å². The van der Waals surface area contributed by atoms with Crippen LogP contribution in [-0.4, -0.2) is 49.0 Å². The van der Waals surface area contributed by atoms with E-state index in [1.807, 2.05) is 39.0 Å². The number of unbranched alkanes of at least 4 members (excludes halogenated alkanes) is 3. The highest BCUT2D eigenvalue weighted by Gasteiger charge is 2.25. The molecule has 1 unspecified atom stereocenters. The molecule has 1 aliphatic rings. The monoisotopic (exact) mass is 418 g/mol. The minimum atomic E-state index is -0.504. The van der Waals surface area contributed by atoms with Gasteiger partial charge in [-0.25, -0.2) is 4.79 Å². The van der Waals surface area contributed by atoms with Crippen LogP contribution in [0.3, 0.4) is 0 Å². The van der Waals surface area contributed by atoms with Gasteiger partial charge in [-0.1, -0.05) is 24.0 Å². The third-order valence-electron chi connectivity index (χ3n) is 4.64. The fourth-order valence-corrected chi connectivity index (χ4v) is 3.30. The molecule has 1 aromatic heterocycles. The number of azide groups is 1. The summed E-state index contributed by atoms with van der Waals surface area (Å²) in [6, 6.07) is 5.82. The molecule has 9 nitrogen and oxygen atoms in total. The van der Waals surface area contributed by atoms with Crippen molar-refractivity contribution in [2.45, 2.75) is 70.9 Å². The highest BCUT2D eigenvalue weighted by atomic mass is 16.6. The Morgan fingerprint density at radius 3 is 2.90 bits per heavy atom. The van der Waals surface area contributed by atoms with E-state index in [9.17, 15) is 4.79 Å². The maximum absolute atomic E-state index is 12.1. The highest BCUT2D eigenvalue weighted by Crippen LogP contribution is 2.21. The molecular weight excluding hydrogens is 384 g/mol. The average Bonchev–Trinajstić information content (AvgIpc) is 2.69. The smallest absolute Gasteiger partial charge is 0.407 e. The molecule has 0 spiro atoms. The lowest BCUT2D eigenvalue weighted by atomic mass is 10.1. The summed E-state index contributed by atoms with van der Waals surface area (Å²) in [5.74, 6) is 1.47. The van der Waals surface area contributed by atoms with Crippen molar-refractivity contribution in [3.63, 3.8) is 0 Å². The Bertz CT molecular complexity index is 715. The first-order valence-corrected chi connectivity index (χ1v) is 10.7. The maximum Gasteiger partial charge on any atom is 0.407 e. The van der Waals surface area contributed by atoms with Crippen molar-refractivity contribution in [3.8, 4) is 5.88 Å². The molecule has 0 radical (unpaired) electrons. The molecule has 1 atom stereocenters. The van der Waals surface area contributed by atoms with Gasteiger partial charge >= 0.3 is 6.09 Å². The van der Waals surface area contributed by atoms with Gasteiger partial charge in [0.2, 0.25) is 5.88 Å². The Hall–Kier alpha value is -2.67. The van der Waals surface area contributed by atoms with Crippen molar-refractivity contribution in [2.24, 2.45) is 5.11 Å². The van der Waals surface area contributed by atoms with Gasteiger partial charge in [0.25, 0.3) is 0 Å². The van der Waals surface area contributed by atoms with E-state index >= 15 is 0 Å². The minimum absolute atomic E-state index is 0.0327. The lowest BCUT2D eigenvalue weighted by molar-refractivity contribution is 0.0500. The number of alkyl carbamates (subject to hydrolysis) is 1. The second-order valence-corrected chi connectivity index (χ2v) is 8.48. The lowest BCUT2D eigenvalue weighted by Gasteiger charge is -2.34. The summed E-state index contributed by atoms with van der Waals surface area (Å²) in [6.07, 6.45) is 5.42. The van der Waals surface area contributed by atoms with Gasteiger partial charge < -0.3 is 19.7 Å². The fraction of sp³-hybridized carbons (Fsp3) is 0.714. The Labute approximate surface area is 178 Å². The number of carbonyl (C=O) groups is 1. The minimum Gasteiger partial charge on any atom is -0.478 e. The number of piperidine rings is 1. The number of anilines is 1. The first kappa shape index (κ1) is 23.6. The van der Waals surface area contributed by atoms with Crippen LogP contribution >= 0.6 is 0 Å². The summed E-state index contributed by atoms with van der Waals surface area (Å²) >= 11 is 0. The van der Waals surface area contributed by atoms with Crippen LogP contribution in [0.2, 0.25) is 0 Å². The number of rotatable bonds is 10. The molecule has 0 aromatic carbocycles. The van der Waals surface area contributed by atoms with E-state index in [4.69, 9.17) is 15.0 Å². The predicted molar refractivity (Wildman–Crippen MR) is 117 cm³/mol. The normalized spacial score (nSPS) is 16.5. The third-order valence-corrected chi connectivity index (χ3v) is 4.64. The predicted octanol–water partition coefficient (Wildman–Crippen LogP) is 4.82. The van der Waals surface area contributed by atoms with Crippen LogP contribution in [0.15, 0.2) is 23.3 Å². The van der Waals surface area contributed by atoms with Gasteiger partial charge in [-0.05, 0) is 58.1 Å². The third kappa shape index (κ3) is 9.22. The zero-order valence-electron chi connectivity index (χ0n) is 18.3. The van der Waals surface area contributed by atoms with Crippen molar-refractivity contribution in [2.75, 3.05) is 31.1 Å². The summed E-state index contributed by atoms with van der Waals surface area (Å²) in [6.45, 7) is 8.34. The molecule has 0 saturated carbocycles. The molecule has 9 heteroatoms. The number of carbonyl (C=O) groups excluding carboxylic acids is 1. The zero-order valence-corrected chi connectivity index (χ0v) is 18.3. The first-order chi connectivity index (χ1) is 14.4. The summed E-state index contributed by atoms with van der Waals surface area (Å²) in [5.41, 5.74) is 7.74. The summed E-state index contributed by atoms with van der Waals surface area (Å²) < 4.78 is 11.2. The van der Waals surface area contributed by atoms with Gasteiger partial charge in [0.15, 0.2) is 0 Å². The van der Waals surface area contributed by atoms with Crippen LogP contribution in [-0.2, 0) is 4.74 Å². The molecule has 1 fully saturated rings. The van der Waals surface area contributed by atoms with Crippen molar-refractivity contribution in [3.05, 3.63) is 28.6 Å². The summed E-state index contributed by atoms with van der Waals surface area (Å²) in [4.78, 5) is 21.6. The largest absolute Gasteiger partial charge is 0.478 e. The van der Waals surface area contributed by atoms with Crippen LogP contribution in [0.1, 0.15) is 59.3 Å². The molecular formula is C21H34N6O3. The van der Waals surface area contributed by atoms with E-state index in [0.717, 1.165) is 50.9 Å². The van der Waals surface area contributed by atoms with E-state index in [2.05, 4.69) is 25.2 Å². The molecule has 2 heterocycles. The number of nitrogens with one attached hydrogen (secondary N) is 1. The molecule has 0 bridgehead atoms. The molecule has 1 saturated heterocycles. The van der Waals surface area contributed by atoms with Crippen LogP contribution in [0.4, 0.5) is 10.6 Å². The highest BCUT2D eigenvalue weighted by molar-refractivity contribution is 5.68. The van der Waals surface area contributed by atoms with Crippen LogP contribution in [0.5, 0.6) is 5.88 Å². The zero-order chi connectivity index (χ0) is 21.8. The topological polar surface area (TPSA) is 112 Å². The Morgan fingerprint density at radius 1 is 1.33 bits per heavy atom. The average molecular weight is 419 g/mol. The van der Waals surface area contributed by atoms with E-state index in [0.29, 0.717) is 25.6 Å². The van der Waals surface area contributed by atoms with Crippen LogP contribution in [0, 0.1) is 0 Å². The maximum atomic E-state index is 12.1. The standard InChI is InChI=1S/C21H34N6O3/c1-21(2,3)30-20(28)24-17-10-9-14-27(16-17)18-11-8-12-19(25-18)29-15-7-5-4-6-13-23-26-22/h8,11-12,17H,4-7,9-10,13-16H2,1-3H3,(H,24,28). The van der Waals surface area contributed by atoms with Crippen molar-refractivity contribution >= 4 is 11.9 Å². The molecule has 166 valence electrons. The number of pyridine rings is 1. The summed E-state index contributed by atoms with van der Waals surface area (Å²) in [5, 5.41) is 6.50. The molecule has 1 N–H and O–H groups in total. The first-order valence-electron chi connectivity index (χ1n) is 10.7. The van der Waals surface area contributed by atoms with E-state index in [1.54, 1.807) is 0 Å². The summed E-state index contributed by atoms with van der Waals surface area (Å²) in [7, 11) is 0. The van der Waals surface area contributed by atoms with Gasteiger partial charge in [-0.2, -0.15) is 4.98 Å². The molecule has 1 aliphatic heterocycles. The van der Waals surface area contributed by atoms with Crippen LogP contribution < -0.4 is 15.0 Å². The molecule has 0 aliphatic carbocycles. The van der Waals surface area contributed by atoms with Gasteiger partial charge in [-0.15, -0.1) is 0 Å². The Morgan fingerprint density at radius 2 is 2.13 bits per heavy atom. The molecule has 30 heavy (non-hydrogen) atoms. The number of ether oxygens (including phenoxy) is 2. The molecule has 2 rings (SSSR count). The molecule has 1 amide bonds. The lowest BCUT2D eigenvalue weighted by Crippen LogP contribution is -2.49. The number of hydrogen-bond acceptors (Lipinski definition) is 6. The van der Waals surface area contributed by atoms with Crippen LogP contribution in [0.25, 0.3) is 10.4 Å². The molecule has 1 aromatic rings. The van der Waals surface area contributed by atoms with Gasteiger partial charge in [0.1, 0.15) is 11.4 Å². The van der Waals surface area contributed by atoms with Crippen molar-refractivity contribution < 1.29 is 14.3 Å². The fourth-order valence-electron chi connectivity index (χ4n) is 3.30. The van der Waals surface area contributed by atoms with Gasteiger partial charge in [-0.3, -0.25) is 0 Å². The van der Waals surface area contributed by atoms with Crippen molar-refractivity contribution in [1.29, 1.82) is 0 Å². The number of hydrogen-bond donors (Lipinski definition) is 1. The van der Waals surface area contributed by atoms with E-state index in [1.165, 1.54) is 0 Å². The number of amides is 1. The van der Waals surface area contributed by atoms with Gasteiger partial charge in [0, 0.05) is 36.7 Å². The van der Waals surface area contributed by atoms with Crippen molar-refractivity contribution in [1.82, 2.24) is 10.3 Å². The SMILES string of the molecule is CC(C)(C)OC(=O)NC1CCCN(c2cccc(OCCCCCCN=[N+]=[N-])n2)C1. The second kappa shape index (κ2) is 12.1. The number of aromatic nitrogens is 1. The Kier molecular flexibility index (Phi) is 9.54.